The highest BCUT2D eigenvalue weighted by Gasteiger charge is 2.07. The van der Waals surface area contributed by atoms with Gasteiger partial charge in [0, 0.05) is 12.1 Å². The highest BCUT2D eigenvalue weighted by molar-refractivity contribution is 6.32. The molecule has 0 aromatic heterocycles. The topological polar surface area (TPSA) is 21.3 Å². The summed E-state index contributed by atoms with van der Waals surface area (Å²) in [6, 6.07) is 16.3. The number of rotatable bonds is 7. The van der Waals surface area contributed by atoms with Crippen LogP contribution in [-0.4, -0.2) is 13.7 Å². The Balaban J connectivity index is 1.87. The zero-order valence-electron chi connectivity index (χ0n) is 11.7. The number of benzene rings is 2. The van der Waals surface area contributed by atoms with E-state index in [1.165, 1.54) is 5.56 Å². The second-order valence-electron chi connectivity index (χ2n) is 4.70. The summed E-state index contributed by atoms with van der Waals surface area (Å²) >= 11 is 6.21. The molecule has 0 aliphatic carbocycles. The Morgan fingerprint density at radius 2 is 1.85 bits per heavy atom. The molecule has 1 N–H and O–H groups in total. The number of hydrogen-bond acceptors (Lipinski definition) is 2. The minimum absolute atomic E-state index is 0.676. The van der Waals surface area contributed by atoms with Crippen LogP contribution in [0.15, 0.2) is 48.5 Å². The maximum atomic E-state index is 6.21. The summed E-state index contributed by atoms with van der Waals surface area (Å²) in [7, 11) is 1.92. The summed E-state index contributed by atoms with van der Waals surface area (Å²) in [5.74, 6) is 0.802. The lowest BCUT2D eigenvalue weighted by Gasteiger charge is -2.13. The molecule has 0 radical (unpaired) electrons. The second-order valence-corrected chi connectivity index (χ2v) is 5.10. The molecule has 0 spiro atoms. The maximum Gasteiger partial charge on any atom is 0.142 e. The van der Waals surface area contributed by atoms with E-state index in [0.717, 1.165) is 30.7 Å². The van der Waals surface area contributed by atoms with E-state index in [2.05, 4.69) is 29.6 Å². The van der Waals surface area contributed by atoms with Crippen molar-refractivity contribution in [3.8, 4) is 5.75 Å². The third kappa shape index (κ3) is 4.26. The molecular weight excluding hydrogens is 270 g/mol. The summed E-state index contributed by atoms with van der Waals surface area (Å²) in [5.41, 5.74) is 2.44. The van der Waals surface area contributed by atoms with Gasteiger partial charge in [0.15, 0.2) is 0 Å². The molecule has 2 aromatic carbocycles. The Morgan fingerprint density at radius 1 is 1.05 bits per heavy atom. The van der Waals surface area contributed by atoms with Gasteiger partial charge in [-0.1, -0.05) is 54.1 Å². The van der Waals surface area contributed by atoms with Crippen LogP contribution < -0.4 is 10.1 Å². The Bertz CT molecular complexity index is 528. The average molecular weight is 290 g/mol. The van der Waals surface area contributed by atoms with E-state index in [9.17, 15) is 0 Å². The van der Waals surface area contributed by atoms with E-state index in [1.54, 1.807) is 0 Å². The van der Waals surface area contributed by atoms with Gasteiger partial charge < -0.3 is 10.1 Å². The fraction of sp³-hybridized carbons (Fsp3) is 0.294. The Hall–Kier alpha value is -1.51. The number of para-hydroxylation sites is 1. The lowest BCUT2D eigenvalue weighted by molar-refractivity contribution is 0.307. The lowest BCUT2D eigenvalue weighted by Crippen LogP contribution is -2.08. The summed E-state index contributed by atoms with van der Waals surface area (Å²) < 4.78 is 5.87. The van der Waals surface area contributed by atoms with Crippen molar-refractivity contribution in [1.82, 2.24) is 5.32 Å². The fourth-order valence-corrected chi connectivity index (χ4v) is 2.39. The van der Waals surface area contributed by atoms with Crippen molar-refractivity contribution in [1.29, 1.82) is 0 Å². The van der Waals surface area contributed by atoms with Gasteiger partial charge in [0.25, 0.3) is 0 Å². The van der Waals surface area contributed by atoms with Crippen LogP contribution in [-0.2, 0) is 13.0 Å². The van der Waals surface area contributed by atoms with Gasteiger partial charge in [-0.3, -0.25) is 0 Å². The van der Waals surface area contributed by atoms with Crippen LogP contribution in [0.5, 0.6) is 5.75 Å². The zero-order valence-corrected chi connectivity index (χ0v) is 12.5. The SMILES string of the molecule is CNCc1cccc(Cl)c1OCCCc1ccccc1. The van der Waals surface area contributed by atoms with Gasteiger partial charge in [0.1, 0.15) is 5.75 Å². The van der Waals surface area contributed by atoms with Crippen LogP contribution in [0.1, 0.15) is 17.5 Å². The molecule has 0 saturated carbocycles. The van der Waals surface area contributed by atoms with Crippen LogP contribution in [0.4, 0.5) is 0 Å². The molecule has 0 aliphatic rings. The minimum atomic E-state index is 0.676. The lowest BCUT2D eigenvalue weighted by atomic mass is 10.1. The van der Waals surface area contributed by atoms with Crippen molar-refractivity contribution in [2.24, 2.45) is 0 Å². The van der Waals surface area contributed by atoms with E-state index >= 15 is 0 Å². The predicted molar refractivity (Wildman–Crippen MR) is 84.5 cm³/mol. The Labute approximate surface area is 125 Å². The number of halogens is 1. The van der Waals surface area contributed by atoms with Crippen molar-refractivity contribution in [2.75, 3.05) is 13.7 Å². The standard InChI is InChI=1S/C17H20ClNO/c1-19-13-15-10-5-11-16(18)17(15)20-12-6-9-14-7-3-2-4-8-14/h2-5,7-8,10-11,19H,6,9,12-13H2,1H3. The van der Waals surface area contributed by atoms with Crippen LogP contribution >= 0.6 is 11.6 Å². The fourth-order valence-electron chi connectivity index (χ4n) is 2.14. The molecule has 0 unspecified atom stereocenters. The van der Waals surface area contributed by atoms with Crippen molar-refractivity contribution < 1.29 is 4.74 Å². The summed E-state index contributed by atoms with van der Waals surface area (Å²) in [4.78, 5) is 0. The molecule has 0 heterocycles. The van der Waals surface area contributed by atoms with Crippen LogP contribution in [0.2, 0.25) is 5.02 Å². The molecule has 0 fully saturated rings. The number of aryl methyl sites for hydroxylation is 1. The van der Waals surface area contributed by atoms with Crippen LogP contribution in [0.25, 0.3) is 0 Å². The number of ether oxygens (including phenoxy) is 1. The first kappa shape index (κ1) is 14.9. The van der Waals surface area contributed by atoms with Crippen molar-refractivity contribution in [2.45, 2.75) is 19.4 Å². The van der Waals surface area contributed by atoms with Gasteiger partial charge in [-0.2, -0.15) is 0 Å². The molecule has 0 aliphatic heterocycles. The minimum Gasteiger partial charge on any atom is -0.492 e. The highest BCUT2D eigenvalue weighted by Crippen LogP contribution is 2.28. The Kier molecular flexibility index (Phi) is 5.90. The van der Waals surface area contributed by atoms with Crippen molar-refractivity contribution >= 4 is 11.6 Å². The first-order valence-electron chi connectivity index (χ1n) is 6.90. The Morgan fingerprint density at radius 3 is 2.60 bits per heavy atom. The zero-order chi connectivity index (χ0) is 14.2. The van der Waals surface area contributed by atoms with Gasteiger partial charge in [0.05, 0.1) is 11.6 Å². The third-order valence-corrected chi connectivity index (χ3v) is 3.41. The van der Waals surface area contributed by atoms with E-state index in [0.29, 0.717) is 11.6 Å². The van der Waals surface area contributed by atoms with E-state index in [-0.39, 0.29) is 0 Å². The molecule has 2 nitrogen and oxygen atoms in total. The first-order valence-corrected chi connectivity index (χ1v) is 7.28. The normalized spacial score (nSPS) is 10.5. The van der Waals surface area contributed by atoms with E-state index in [4.69, 9.17) is 16.3 Å². The monoisotopic (exact) mass is 289 g/mol. The third-order valence-electron chi connectivity index (χ3n) is 3.11. The van der Waals surface area contributed by atoms with Crippen molar-refractivity contribution in [3.63, 3.8) is 0 Å². The molecule has 0 amide bonds. The predicted octanol–water partition coefficient (Wildman–Crippen LogP) is 4.07. The molecular formula is C17H20ClNO. The van der Waals surface area contributed by atoms with Gasteiger partial charge in [-0.15, -0.1) is 0 Å². The summed E-state index contributed by atoms with van der Waals surface area (Å²) in [6.07, 6.45) is 2.00. The average Bonchev–Trinajstić information content (AvgIpc) is 2.47. The van der Waals surface area contributed by atoms with Gasteiger partial charge >= 0.3 is 0 Å². The van der Waals surface area contributed by atoms with Crippen LogP contribution in [0, 0.1) is 0 Å². The van der Waals surface area contributed by atoms with Crippen LogP contribution in [0.3, 0.4) is 0 Å². The number of hydrogen-bond donors (Lipinski definition) is 1. The van der Waals surface area contributed by atoms with Gasteiger partial charge in [-0.05, 0) is 31.5 Å². The largest absolute Gasteiger partial charge is 0.492 e. The summed E-state index contributed by atoms with van der Waals surface area (Å²) in [6.45, 7) is 1.43. The molecule has 2 aromatic rings. The molecule has 2 rings (SSSR count). The van der Waals surface area contributed by atoms with Gasteiger partial charge in [0.2, 0.25) is 0 Å². The second kappa shape index (κ2) is 7.93. The molecule has 20 heavy (non-hydrogen) atoms. The quantitative estimate of drug-likeness (QED) is 0.776. The van der Waals surface area contributed by atoms with E-state index < -0.39 is 0 Å². The van der Waals surface area contributed by atoms with Crippen molar-refractivity contribution in [3.05, 3.63) is 64.7 Å². The van der Waals surface area contributed by atoms with E-state index in [1.807, 2.05) is 31.3 Å². The highest BCUT2D eigenvalue weighted by atomic mass is 35.5. The smallest absolute Gasteiger partial charge is 0.142 e. The first-order chi connectivity index (χ1) is 9.81. The van der Waals surface area contributed by atoms with Gasteiger partial charge in [-0.25, -0.2) is 0 Å². The molecule has 106 valence electrons. The maximum absolute atomic E-state index is 6.21. The number of nitrogens with one attached hydrogen (secondary N) is 1. The summed E-state index contributed by atoms with van der Waals surface area (Å²) in [5, 5.41) is 3.81. The molecule has 0 bridgehead atoms. The molecule has 0 atom stereocenters. The molecule has 3 heteroatoms. The molecule has 0 saturated heterocycles.